The molecule has 0 spiro atoms. The van der Waals surface area contributed by atoms with Crippen molar-refractivity contribution in [1.82, 2.24) is 9.47 Å². The van der Waals surface area contributed by atoms with Crippen molar-refractivity contribution in [1.29, 1.82) is 0 Å². The molecule has 2 heterocycles. The number of hydrogen-bond donors (Lipinski definition) is 1. The smallest absolute Gasteiger partial charge is 0.305 e. The van der Waals surface area contributed by atoms with Gasteiger partial charge >= 0.3 is 5.97 Å². The quantitative estimate of drug-likeness (QED) is 0.533. The molecule has 176 valence electrons. The number of para-hydroxylation sites is 1. The van der Waals surface area contributed by atoms with E-state index < -0.39 is 17.8 Å². The molecule has 4 rings (SSSR count). The number of amides is 2. The van der Waals surface area contributed by atoms with Gasteiger partial charge in [0.15, 0.2) is 0 Å². The molecule has 2 aromatic carbocycles. The average molecular weight is 460 g/mol. The van der Waals surface area contributed by atoms with Crippen molar-refractivity contribution in [2.45, 2.75) is 26.8 Å². The Morgan fingerprint density at radius 1 is 1.15 bits per heavy atom. The third-order valence-electron chi connectivity index (χ3n) is 6.03. The summed E-state index contributed by atoms with van der Waals surface area (Å²) >= 11 is 0. The average Bonchev–Trinajstić information content (AvgIpc) is 3.07. The zero-order chi connectivity index (χ0) is 24.4. The number of nitrogens with zero attached hydrogens (tertiary/aromatic N) is 3. The first-order valence-corrected chi connectivity index (χ1v) is 11.4. The second-order valence-electron chi connectivity index (χ2n) is 9.01. The van der Waals surface area contributed by atoms with Crippen LogP contribution < -0.4 is 4.90 Å². The molecule has 0 atom stereocenters. The molecule has 0 saturated heterocycles. The zero-order valence-electron chi connectivity index (χ0n) is 19.7. The number of fused-ring (bicyclic) bond motifs is 2. The number of carboxylic acid groups (broad SMARTS) is 1. The maximum atomic E-state index is 13.3. The van der Waals surface area contributed by atoms with E-state index in [9.17, 15) is 14.4 Å². The van der Waals surface area contributed by atoms with Gasteiger partial charge in [-0.1, -0.05) is 50.3 Å². The Balaban J connectivity index is 1.78. The van der Waals surface area contributed by atoms with Crippen LogP contribution in [0.25, 0.3) is 17.0 Å². The number of aryl methyl sites for hydroxylation is 1. The Morgan fingerprint density at radius 2 is 1.91 bits per heavy atom. The molecule has 0 bridgehead atoms. The summed E-state index contributed by atoms with van der Waals surface area (Å²) in [6.45, 7) is 4.46. The van der Waals surface area contributed by atoms with E-state index in [1.54, 1.807) is 6.07 Å². The van der Waals surface area contributed by atoms with Crippen LogP contribution in [0.1, 0.15) is 41.8 Å². The highest BCUT2D eigenvalue weighted by Gasteiger charge is 2.32. The maximum absolute atomic E-state index is 13.3. The van der Waals surface area contributed by atoms with Crippen molar-refractivity contribution >= 4 is 40.4 Å². The standard InChI is InChI=1S/C27H29N3O4/c1-18(2)8-9-19-10-11-22-24(14-19)29(17-25(31)30(27(22)34)13-12-26(32)33)16-20-15-28(3)23-7-5-4-6-21(20)23/h4-11,14-15,18H,12-13,16-17H2,1-3H3,(H,32,33). The van der Waals surface area contributed by atoms with Gasteiger partial charge in [0.2, 0.25) is 5.91 Å². The molecule has 0 fully saturated rings. The number of carbonyl (C=O) groups excluding carboxylic acids is 2. The Kier molecular flexibility index (Phi) is 6.54. The van der Waals surface area contributed by atoms with Crippen LogP contribution in [0.4, 0.5) is 5.69 Å². The highest BCUT2D eigenvalue weighted by Crippen LogP contribution is 2.31. The highest BCUT2D eigenvalue weighted by molar-refractivity contribution is 6.11. The maximum Gasteiger partial charge on any atom is 0.305 e. The number of carboxylic acids is 1. The lowest BCUT2D eigenvalue weighted by Gasteiger charge is -2.24. The van der Waals surface area contributed by atoms with E-state index >= 15 is 0 Å². The molecule has 1 aliphatic heterocycles. The lowest BCUT2D eigenvalue weighted by atomic mass is 10.0. The van der Waals surface area contributed by atoms with Gasteiger partial charge in [-0.3, -0.25) is 19.3 Å². The van der Waals surface area contributed by atoms with Crippen LogP contribution >= 0.6 is 0 Å². The minimum Gasteiger partial charge on any atom is -0.481 e. The van der Waals surface area contributed by atoms with Crippen LogP contribution in [-0.2, 0) is 23.2 Å². The van der Waals surface area contributed by atoms with Crippen molar-refractivity contribution in [3.05, 3.63) is 71.4 Å². The van der Waals surface area contributed by atoms with Gasteiger partial charge in [0.25, 0.3) is 5.91 Å². The first kappa shape index (κ1) is 23.3. The molecule has 7 nitrogen and oxygen atoms in total. The molecule has 0 aliphatic carbocycles. The summed E-state index contributed by atoms with van der Waals surface area (Å²) in [5.41, 5.74) is 4.15. The summed E-state index contributed by atoms with van der Waals surface area (Å²) in [6.07, 6.45) is 5.86. The van der Waals surface area contributed by atoms with Crippen molar-refractivity contribution in [2.75, 3.05) is 18.0 Å². The third kappa shape index (κ3) is 4.73. The zero-order valence-corrected chi connectivity index (χ0v) is 19.7. The lowest BCUT2D eigenvalue weighted by molar-refractivity contribution is -0.137. The van der Waals surface area contributed by atoms with Crippen molar-refractivity contribution in [2.24, 2.45) is 13.0 Å². The second-order valence-corrected chi connectivity index (χ2v) is 9.01. The minimum atomic E-state index is -1.05. The number of allylic oxidation sites excluding steroid dienone is 1. The fourth-order valence-corrected chi connectivity index (χ4v) is 4.32. The molecule has 7 heteroatoms. The lowest BCUT2D eigenvalue weighted by Crippen LogP contribution is -2.41. The molecule has 34 heavy (non-hydrogen) atoms. The van der Waals surface area contributed by atoms with Crippen LogP contribution in [0.5, 0.6) is 0 Å². The van der Waals surface area contributed by atoms with E-state index in [-0.39, 0.29) is 19.5 Å². The van der Waals surface area contributed by atoms with Gasteiger partial charge < -0.3 is 14.6 Å². The molecule has 1 N–H and O–H groups in total. The number of carbonyl (C=O) groups is 3. The molecule has 0 saturated carbocycles. The second kappa shape index (κ2) is 9.55. The molecule has 3 aromatic rings. The van der Waals surface area contributed by atoms with Crippen molar-refractivity contribution in [3.8, 4) is 0 Å². The van der Waals surface area contributed by atoms with Gasteiger partial charge in [-0.25, -0.2) is 0 Å². The number of hydrogen-bond acceptors (Lipinski definition) is 4. The predicted molar refractivity (Wildman–Crippen MR) is 133 cm³/mol. The SMILES string of the molecule is CC(C)C=Cc1ccc2c(c1)N(Cc1cn(C)c3ccccc13)CC(=O)N(CCC(=O)O)C2=O. The molecule has 0 radical (unpaired) electrons. The summed E-state index contributed by atoms with van der Waals surface area (Å²) in [7, 11) is 1.99. The first-order valence-electron chi connectivity index (χ1n) is 11.4. The number of aliphatic carboxylic acids is 1. The highest BCUT2D eigenvalue weighted by atomic mass is 16.4. The third-order valence-corrected chi connectivity index (χ3v) is 6.03. The van der Waals surface area contributed by atoms with E-state index in [4.69, 9.17) is 5.11 Å². The molecule has 2 amide bonds. The van der Waals surface area contributed by atoms with E-state index in [2.05, 4.69) is 30.6 Å². The topological polar surface area (TPSA) is 82.8 Å². The number of rotatable bonds is 7. The summed E-state index contributed by atoms with van der Waals surface area (Å²) in [6, 6.07) is 13.6. The van der Waals surface area contributed by atoms with Gasteiger partial charge in [0.05, 0.1) is 24.2 Å². The van der Waals surface area contributed by atoms with E-state index in [1.807, 2.05) is 54.6 Å². The Morgan fingerprint density at radius 3 is 2.65 bits per heavy atom. The molecule has 1 aliphatic rings. The molecule has 0 unspecified atom stereocenters. The largest absolute Gasteiger partial charge is 0.481 e. The van der Waals surface area contributed by atoms with Gasteiger partial charge in [-0.2, -0.15) is 0 Å². The van der Waals surface area contributed by atoms with E-state index in [0.29, 0.717) is 23.7 Å². The number of aromatic nitrogens is 1. The van der Waals surface area contributed by atoms with Gasteiger partial charge in [-0.15, -0.1) is 0 Å². The molecular weight excluding hydrogens is 430 g/mol. The summed E-state index contributed by atoms with van der Waals surface area (Å²) in [5, 5.41) is 10.2. The van der Waals surface area contributed by atoms with E-state index in [0.717, 1.165) is 26.9 Å². The predicted octanol–water partition coefficient (Wildman–Crippen LogP) is 4.31. The van der Waals surface area contributed by atoms with Crippen molar-refractivity contribution in [3.63, 3.8) is 0 Å². The number of anilines is 1. The first-order chi connectivity index (χ1) is 16.2. The molecule has 1 aromatic heterocycles. The minimum absolute atomic E-state index is 0.0150. The Hall–Kier alpha value is -3.87. The van der Waals surface area contributed by atoms with Crippen LogP contribution in [0.3, 0.4) is 0 Å². The monoisotopic (exact) mass is 459 g/mol. The van der Waals surface area contributed by atoms with Crippen LogP contribution in [0.15, 0.2) is 54.7 Å². The van der Waals surface area contributed by atoms with Gasteiger partial charge in [-0.05, 0) is 35.2 Å². The molecular formula is C27H29N3O4. The normalized spacial score (nSPS) is 14.4. The van der Waals surface area contributed by atoms with Crippen LogP contribution in [0.2, 0.25) is 0 Å². The van der Waals surface area contributed by atoms with Crippen LogP contribution in [0, 0.1) is 5.92 Å². The number of benzene rings is 2. The van der Waals surface area contributed by atoms with Gasteiger partial charge in [0, 0.05) is 37.2 Å². The Bertz CT molecular complexity index is 1290. The fraction of sp³-hybridized carbons (Fsp3) is 0.296. The van der Waals surface area contributed by atoms with E-state index in [1.165, 1.54) is 0 Å². The van der Waals surface area contributed by atoms with Gasteiger partial charge in [0.1, 0.15) is 0 Å². The number of imide groups is 1. The fourth-order valence-electron chi connectivity index (χ4n) is 4.32. The summed E-state index contributed by atoms with van der Waals surface area (Å²) < 4.78 is 2.05. The van der Waals surface area contributed by atoms with Crippen molar-refractivity contribution < 1.29 is 19.5 Å². The van der Waals surface area contributed by atoms with Crippen LogP contribution in [-0.4, -0.2) is 45.4 Å². The summed E-state index contributed by atoms with van der Waals surface area (Å²) in [4.78, 5) is 40.6. The summed E-state index contributed by atoms with van der Waals surface area (Å²) in [5.74, 6) is -1.53. The Labute approximate surface area is 198 Å².